The van der Waals surface area contributed by atoms with Gasteiger partial charge in [-0.2, -0.15) is 0 Å². The summed E-state index contributed by atoms with van der Waals surface area (Å²) in [6.45, 7) is 3.93. The first-order valence-electron chi connectivity index (χ1n) is 9.62. The lowest BCUT2D eigenvalue weighted by Crippen LogP contribution is -2.12. The van der Waals surface area contributed by atoms with Crippen LogP contribution >= 0.6 is 11.3 Å². The van der Waals surface area contributed by atoms with Crippen molar-refractivity contribution in [3.05, 3.63) is 59.0 Å². The second kappa shape index (κ2) is 10.0. The van der Waals surface area contributed by atoms with Crippen molar-refractivity contribution in [2.45, 2.75) is 26.7 Å². The second-order valence-electron chi connectivity index (χ2n) is 6.73. The van der Waals surface area contributed by atoms with Gasteiger partial charge < -0.3 is 14.8 Å². The molecule has 0 unspecified atom stereocenters. The molecule has 2 aromatic carbocycles. The topological polar surface area (TPSA) is 77.5 Å². The Balaban J connectivity index is 1.47. The van der Waals surface area contributed by atoms with Gasteiger partial charge in [-0.1, -0.05) is 0 Å². The Morgan fingerprint density at radius 1 is 1.03 bits per heavy atom. The van der Waals surface area contributed by atoms with Gasteiger partial charge in [0, 0.05) is 22.4 Å². The van der Waals surface area contributed by atoms with Gasteiger partial charge in [0.15, 0.2) is 10.9 Å². The summed E-state index contributed by atoms with van der Waals surface area (Å²) in [7, 11) is 1.63. The average Bonchev–Trinajstić information content (AvgIpc) is 3.11. The van der Waals surface area contributed by atoms with Gasteiger partial charge in [-0.05, 0) is 68.8 Å². The molecule has 0 saturated heterocycles. The molecule has 1 heterocycles. The van der Waals surface area contributed by atoms with E-state index in [0.29, 0.717) is 35.9 Å². The molecule has 1 N–H and O–H groups in total. The molecule has 1 amide bonds. The molecular formula is C23H24N2O4S. The first kappa shape index (κ1) is 21.5. The minimum absolute atomic E-state index is 0.0193. The van der Waals surface area contributed by atoms with Gasteiger partial charge in [-0.25, -0.2) is 4.98 Å². The highest BCUT2D eigenvalue weighted by molar-refractivity contribution is 7.16. The van der Waals surface area contributed by atoms with Crippen molar-refractivity contribution >= 4 is 28.2 Å². The summed E-state index contributed by atoms with van der Waals surface area (Å²) >= 11 is 1.45. The van der Waals surface area contributed by atoms with Crippen molar-refractivity contribution in [1.82, 2.24) is 4.98 Å². The molecule has 0 atom stereocenters. The predicted octanol–water partition coefficient (Wildman–Crippen LogP) is 5.13. The first-order valence-corrected chi connectivity index (χ1v) is 10.4. The summed E-state index contributed by atoms with van der Waals surface area (Å²) in [5.41, 5.74) is 2.49. The number of anilines is 1. The molecule has 1 aromatic heterocycles. The molecule has 6 nitrogen and oxygen atoms in total. The highest BCUT2D eigenvalue weighted by Gasteiger charge is 2.12. The van der Waals surface area contributed by atoms with E-state index in [4.69, 9.17) is 9.47 Å². The van der Waals surface area contributed by atoms with Crippen molar-refractivity contribution in [2.75, 3.05) is 19.0 Å². The number of nitrogens with zero attached hydrogens (tertiary/aromatic N) is 1. The minimum Gasteiger partial charge on any atom is -0.497 e. The number of amides is 1. The number of methoxy groups -OCH3 is 1. The van der Waals surface area contributed by atoms with Gasteiger partial charge >= 0.3 is 0 Å². The Morgan fingerprint density at radius 3 is 2.33 bits per heavy atom. The molecule has 7 heteroatoms. The number of thiazole rings is 1. The zero-order chi connectivity index (χ0) is 21.5. The molecule has 0 aliphatic heterocycles. The van der Waals surface area contributed by atoms with E-state index in [2.05, 4.69) is 10.3 Å². The zero-order valence-corrected chi connectivity index (χ0v) is 18.0. The molecule has 3 rings (SSSR count). The molecule has 0 aliphatic carbocycles. The number of ketones is 1. The highest BCUT2D eigenvalue weighted by Crippen LogP contribution is 2.31. The molecular weight excluding hydrogens is 400 g/mol. The number of rotatable bonds is 9. The van der Waals surface area contributed by atoms with Crippen molar-refractivity contribution in [2.24, 2.45) is 0 Å². The predicted molar refractivity (Wildman–Crippen MR) is 119 cm³/mol. The lowest BCUT2D eigenvalue weighted by atomic mass is 10.1. The summed E-state index contributed by atoms with van der Waals surface area (Å²) in [6, 6.07) is 14.7. The largest absolute Gasteiger partial charge is 0.497 e. The number of aryl methyl sites for hydroxylation is 1. The van der Waals surface area contributed by atoms with Crippen LogP contribution < -0.4 is 14.8 Å². The number of carbonyl (C=O) groups excluding carboxylic acids is 2. The van der Waals surface area contributed by atoms with E-state index in [0.717, 1.165) is 21.9 Å². The van der Waals surface area contributed by atoms with Crippen LogP contribution in [0.25, 0.3) is 11.3 Å². The molecule has 0 bridgehead atoms. The molecule has 0 radical (unpaired) electrons. The van der Waals surface area contributed by atoms with Crippen LogP contribution in [0, 0.1) is 6.92 Å². The summed E-state index contributed by atoms with van der Waals surface area (Å²) in [6.07, 6.45) is 0.915. The summed E-state index contributed by atoms with van der Waals surface area (Å²) in [5, 5.41) is 3.45. The molecule has 156 valence electrons. The lowest BCUT2D eigenvalue weighted by molar-refractivity contribution is -0.116. The smallest absolute Gasteiger partial charge is 0.226 e. The van der Waals surface area contributed by atoms with Crippen LogP contribution in [-0.2, 0) is 4.79 Å². The monoisotopic (exact) mass is 424 g/mol. The second-order valence-corrected chi connectivity index (χ2v) is 7.94. The van der Waals surface area contributed by atoms with E-state index >= 15 is 0 Å². The van der Waals surface area contributed by atoms with E-state index in [9.17, 15) is 9.59 Å². The van der Waals surface area contributed by atoms with Crippen molar-refractivity contribution in [1.29, 1.82) is 0 Å². The maximum absolute atomic E-state index is 12.2. The Labute approximate surface area is 179 Å². The van der Waals surface area contributed by atoms with Crippen LogP contribution in [0.2, 0.25) is 0 Å². The highest BCUT2D eigenvalue weighted by atomic mass is 32.1. The van der Waals surface area contributed by atoms with Gasteiger partial charge in [0.1, 0.15) is 11.5 Å². The SMILES string of the molecule is COc1ccc(-c2nc(NC(=O)CCCOc3ccc(C(C)=O)cc3)sc2C)cc1. The van der Waals surface area contributed by atoms with Crippen molar-refractivity contribution in [3.63, 3.8) is 0 Å². The molecule has 0 aliphatic rings. The zero-order valence-electron chi connectivity index (χ0n) is 17.2. The van der Waals surface area contributed by atoms with Crippen LogP contribution in [0.1, 0.15) is 35.0 Å². The fraction of sp³-hybridized carbons (Fsp3) is 0.261. The summed E-state index contributed by atoms with van der Waals surface area (Å²) < 4.78 is 10.8. The Hall–Kier alpha value is -3.19. The van der Waals surface area contributed by atoms with Crippen LogP contribution in [-0.4, -0.2) is 30.4 Å². The first-order chi connectivity index (χ1) is 14.5. The van der Waals surface area contributed by atoms with E-state index in [-0.39, 0.29) is 11.7 Å². The fourth-order valence-corrected chi connectivity index (χ4v) is 3.71. The number of hydrogen-bond acceptors (Lipinski definition) is 6. The van der Waals surface area contributed by atoms with Crippen LogP contribution in [0.5, 0.6) is 11.5 Å². The lowest BCUT2D eigenvalue weighted by Gasteiger charge is -2.06. The summed E-state index contributed by atoms with van der Waals surface area (Å²) in [5.74, 6) is 1.39. The molecule has 0 fully saturated rings. The van der Waals surface area contributed by atoms with E-state index in [1.807, 2.05) is 31.2 Å². The molecule has 3 aromatic rings. The van der Waals surface area contributed by atoms with E-state index in [1.54, 1.807) is 31.4 Å². The van der Waals surface area contributed by atoms with E-state index < -0.39 is 0 Å². The van der Waals surface area contributed by atoms with Gasteiger partial charge in [0.05, 0.1) is 19.4 Å². The quantitative estimate of drug-likeness (QED) is 0.381. The third-order valence-corrected chi connectivity index (χ3v) is 5.37. The minimum atomic E-state index is -0.0967. The average molecular weight is 425 g/mol. The van der Waals surface area contributed by atoms with E-state index in [1.165, 1.54) is 18.3 Å². The fourth-order valence-electron chi connectivity index (χ4n) is 2.86. The maximum Gasteiger partial charge on any atom is 0.226 e. The molecule has 0 spiro atoms. The van der Waals surface area contributed by atoms with Gasteiger partial charge in [-0.15, -0.1) is 11.3 Å². The maximum atomic E-state index is 12.2. The number of hydrogen-bond donors (Lipinski definition) is 1. The standard InChI is InChI=1S/C23H24N2O4S/c1-15(26)17-6-12-20(13-7-17)29-14-4-5-21(27)24-23-25-22(16(2)30-23)18-8-10-19(28-3)11-9-18/h6-13H,4-5,14H2,1-3H3,(H,24,25,27). The number of benzene rings is 2. The number of aromatic nitrogens is 1. The summed E-state index contributed by atoms with van der Waals surface area (Å²) in [4.78, 5) is 29.1. The number of carbonyl (C=O) groups is 2. The Morgan fingerprint density at radius 2 is 1.70 bits per heavy atom. The van der Waals surface area contributed by atoms with Crippen molar-refractivity contribution < 1.29 is 19.1 Å². The third-order valence-electron chi connectivity index (χ3n) is 4.48. The Bertz CT molecular complexity index is 1010. The van der Waals surface area contributed by atoms with Gasteiger partial charge in [0.25, 0.3) is 0 Å². The van der Waals surface area contributed by atoms with Crippen LogP contribution in [0.4, 0.5) is 5.13 Å². The molecule has 30 heavy (non-hydrogen) atoms. The van der Waals surface area contributed by atoms with Crippen LogP contribution in [0.15, 0.2) is 48.5 Å². The number of nitrogens with one attached hydrogen (secondary N) is 1. The molecule has 0 saturated carbocycles. The van der Waals surface area contributed by atoms with Crippen molar-refractivity contribution in [3.8, 4) is 22.8 Å². The van der Waals surface area contributed by atoms with Gasteiger partial charge in [0.2, 0.25) is 5.91 Å². The number of ether oxygens (including phenoxy) is 2. The van der Waals surface area contributed by atoms with Crippen LogP contribution in [0.3, 0.4) is 0 Å². The Kier molecular flexibility index (Phi) is 7.19. The van der Waals surface area contributed by atoms with Gasteiger partial charge in [-0.3, -0.25) is 9.59 Å². The normalized spacial score (nSPS) is 10.5. The number of Topliss-reactive ketones (excluding diaryl/α,β-unsaturated/α-hetero) is 1. The third kappa shape index (κ3) is 5.67.